The van der Waals surface area contributed by atoms with Gasteiger partial charge in [-0.05, 0) is 25.0 Å². The van der Waals surface area contributed by atoms with E-state index in [1.165, 1.54) is 0 Å². The summed E-state index contributed by atoms with van der Waals surface area (Å²) >= 11 is 0. The van der Waals surface area contributed by atoms with Gasteiger partial charge in [-0.3, -0.25) is 0 Å². The van der Waals surface area contributed by atoms with Gasteiger partial charge < -0.3 is 10.1 Å². The fourth-order valence-electron chi connectivity index (χ4n) is 1.76. The highest BCUT2D eigenvalue weighted by Crippen LogP contribution is 2.05. The van der Waals surface area contributed by atoms with Crippen molar-refractivity contribution in [2.24, 2.45) is 0 Å². The first-order chi connectivity index (χ1) is 7.95. The van der Waals surface area contributed by atoms with E-state index in [1.54, 1.807) is 0 Å². The van der Waals surface area contributed by atoms with E-state index < -0.39 is 0 Å². The Balaban J connectivity index is 1.73. The lowest BCUT2D eigenvalue weighted by Gasteiger charge is -2.21. The highest BCUT2D eigenvalue weighted by Gasteiger charge is 2.11. The van der Waals surface area contributed by atoms with Gasteiger partial charge in [0.15, 0.2) is 0 Å². The fraction of sp³-hybridized carbons (Fsp3) is 0.429. The molecule has 1 N–H and O–H groups in total. The molecular weight excluding hydrogens is 198 g/mol. The Morgan fingerprint density at radius 3 is 2.69 bits per heavy atom. The molecule has 1 aliphatic heterocycles. The highest BCUT2D eigenvalue weighted by molar-refractivity contribution is 5.33. The zero-order valence-corrected chi connectivity index (χ0v) is 9.41. The molecule has 1 aromatic rings. The molecule has 0 aliphatic carbocycles. The lowest BCUT2D eigenvalue weighted by atomic mass is 10.1. The topological polar surface area (TPSA) is 21.3 Å². The molecular formula is C14H17NO. The number of hydrogen-bond acceptors (Lipinski definition) is 2. The molecule has 0 radical (unpaired) electrons. The van der Waals surface area contributed by atoms with Crippen LogP contribution < -0.4 is 5.32 Å². The molecule has 0 amide bonds. The summed E-state index contributed by atoms with van der Waals surface area (Å²) in [7, 11) is 0. The van der Waals surface area contributed by atoms with Gasteiger partial charge in [0.05, 0.1) is 6.54 Å². The van der Waals surface area contributed by atoms with Crippen molar-refractivity contribution in [2.45, 2.75) is 18.9 Å². The fourth-order valence-corrected chi connectivity index (χ4v) is 1.76. The van der Waals surface area contributed by atoms with E-state index in [-0.39, 0.29) is 0 Å². The summed E-state index contributed by atoms with van der Waals surface area (Å²) < 4.78 is 5.30. The van der Waals surface area contributed by atoms with Crippen LogP contribution in [0, 0.1) is 11.8 Å². The Kier molecular flexibility index (Phi) is 4.42. The van der Waals surface area contributed by atoms with Crippen molar-refractivity contribution in [3.05, 3.63) is 35.9 Å². The average Bonchev–Trinajstić information content (AvgIpc) is 2.37. The maximum absolute atomic E-state index is 5.30. The Morgan fingerprint density at radius 2 is 1.94 bits per heavy atom. The minimum atomic E-state index is 0.582. The zero-order valence-electron chi connectivity index (χ0n) is 9.41. The SMILES string of the molecule is C(#Cc1ccccc1)CNC1CCOCC1. The minimum Gasteiger partial charge on any atom is -0.381 e. The quantitative estimate of drug-likeness (QED) is 0.760. The Morgan fingerprint density at radius 1 is 1.19 bits per heavy atom. The second-order valence-corrected chi connectivity index (χ2v) is 3.94. The molecule has 84 valence electrons. The average molecular weight is 215 g/mol. The van der Waals surface area contributed by atoms with Crippen LogP contribution in [0.5, 0.6) is 0 Å². The van der Waals surface area contributed by atoms with Gasteiger partial charge in [-0.15, -0.1) is 0 Å². The Bertz CT molecular complexity index is 357. The molecule has 0 saturated carbocycles. The maximum Gasteiger partial charge on any atom is 0.0582 e. The molecule has 2 nitrogen and oxygen atoms in total. The van der Waals surface area contributed by atoms with Gasteiger partial charge in [0.2, 0.25) is 0 Å². The molecule has 2 rings (SSSR count). The van der Waals surface area contributed by atoms with Gasteiger partial charge in [-0.2, -0.15) is 0 Å². The van der Waals surface area contributed by atoms with Gasteiger partial charge in [0, 0.05) is 24.8 Å². The lowest BCUT2D eigenvalue weighted by molar-refractivity contribution is 0.0791. The van der Waals surface area contributed by atoms with E-state index in [2.05, 4.69) is 17.2 Å². The third kappa shape index (κ3) is 3.69. The van der Waals surface area contributed by atoms with Crippen molar-refractivity contribution in [1.82, 2.24) is 5.32 Å². The number of ether oxygens (including phenoxy) is 1. The second-order valence-electron chi connectivity index (χ2n) is 3.94. The lowest BCUT2D eigenvalue weighted by Crippen LogP contribution is -2.34. The predicted molar refractivity (Wildman–Crippen MR) is 65.2 cm³/mol. The molecule has 1 aliphatic rings. The maximum atomic E-state index is 5.30. The normalized spacial score (nSPS) is 16.5. The standard InChI is InChI=1S/C14H17NO/c1-2-5-13(6-3-1)7-4-10-15-14-8-11-16-12-9-14/h1-3,5-6,14-15H,8-12H2. The number of hydrogen-bond donors (Lipinski definition) is 1. The van der Waals surface area contributed by atoms with Gasteiger partial charge in [0.25, 0.3) is 0 Å². The van der Waals surface area contributed by atoms with Crippen molar-refractivity contribution in [3.8, 4) is 11.8 Å². The molecule has 1 fully saturated rings. The van der Waals surface area contributed by atoms with Gasteiger partial charge >= 0.3 is 0 Å². The third-order valence-corrected chi connectivity index (χ3v) is 2.71. The van der Waals surface area contributed by atoms with Crippen LogP contribution in [0.3, 0.4) is 0 Å². The first-order valence-corrected chi connectivity index (χ1v) is 5.80. The molecule has 1 aromatic carbocycles. The van der Waals surface area contributed by atoms with Crippen LogP contribution >= 0.6 is 0 Å². The minimum absolute atomic E-state index is 0.582. The first-order valence-electron chi connectivity index (χ1n) is 5.80. The molecule has 1 saturated heterocycles. The molecule has 2 heteroatoms. The van der Waals surface area contributed by atoms with Gasteiger partial charge in [0.1, 0.15) is 0 Å². The van der Waals surface area contributed by atoms with Gasteiger partial charge in [-0.1, -0.05) is 30.0 Å². The smallest absolute Gasteiger partial charge is 0.0582 e. The summed E-state index contributed by atoms with van der Waals surface area (Å²) in [4.78, 5) is 0. The van der Waals surface area contributed by atoms with Gasteiger partial charge in [-0.25, -0.2) is 0 Å². The van der Waals surface area contributed by atoms with E-state index >= 15 is 0 Å². The van der Waals surface area contributed by atoms with Crippen molar-refractivity contribution >= 4 is 0 Å². The summed E-state index contributed by atoms with van der Waals surface area (Å²) in [5.41, 5.74) is 1.08. The molecule has 0 atom stereocenters. The van der Waals surface area contributed by atoms with Crippen molar-refractivity contribution < 1.29 is 4.74 Å². The van der Waals surface area contributed by atoms with Crippen LogP contribution in [0.15, 0.2) is 30.3 Å². The number of nitrogens with one attached hydrogen (secondary N) is 1. The molecule has 0 spiro atoms. The van der Waals surface area contributed by atoms with E-state index in [1.807, 2.05) is 30.3 Å². The van der Waals surface area contributed by atoms with Crippen LogP contribution in [-0.4, -0.2) is 25.8 Å². The second kappa shape index (κ2) is 6.32. The predicted octanol–water partition coefficient (Wildman–Crippen LogP) is 1.81. The zero-order chi connectivity index (χ0) is 11.1. The monoisotopic (exact) mass is 215 g/mol. The van der Waals surface area contributed by atoms with Crippen LogP contribution in [0.2, 0.25) is 0 Å². The van der Waals surface area contributed by atoms with Crippen LogP contribution in [-0.2, 0) is 4.74 Å². The summed E-state index contributed by atoms with van der Waals surface area (Å²) in [6.45, 7) is 2.52. The largest absolute Gasteiger partial charge is 0.381 e. The number of benzene rings is 1. The van der Waals surface area contributed by atoms with E-state index in [4.69, 9.17) is 4.74 Å². The number of rotatable bonds is 2. The van der Waals surface area contributed by atoms with Crippen LogP contribution in [0.4, 0.5) is 0 Å². The molecule has 0 unspecified atom stereocenters. The van der Waals surface area contributed by atoms with Crippen molar-refractivity contribution in [2.75, 3.05) is 19.8 Å². The third-order valence-electron chi connectivity index (χ3n) is 2.71. The van der Waals surface area contributed by atoms with E-state index in [0.717, 1.165) is 38.2 Å². The summed E-state index contributed by atoms with van der Waals surface area (Å²) in [5.74, 6) is 6.29. The molecule has 16 heavy (non-hydrogen) atoms. The Hall–Kier alpha value is -1.30. The molecule has 0 aromatic heterocycles. The van der Waals surface area contributed by atoms with Crippen molar-refractivity contribution in [3.63, 3.8) is 0 Å². The summed E-state index contributed by atoms with van der Waals surface area (Å²) in [5, 5.41) is 3.44. The van der Waals surface area contributed by atoms with Crippen molar-refractivity contribution in [1.29, 1.82) is 0 Å². The highest BCUT2D eigenvalue weighted by atomic mass is 16.5. The molecule has 1 heterocycles. The van der Waals surface area contributed by atoms with Crippen LogP contribution in [0.1, 0.15) is 18.4 Å². The van der Waals surface area contributed by atoms with E-state index in [9.17, 15) is 0 Å². The molecule has 0 bridgehead atoms. The summed E-state index contributed by atoms with van der Waals surface area (Å²) in [6, 6.07) is 10.7. The Labute approximate surface area is 97.0 Å². The van der Waals surface area contributed by atoms with Crippen LogP contribution in [0.25, 0.3) is 0 Å². The summed E-state index contributed by atoms with van der Waals surface area (Å²) in [6.07, 6.45) is 2.21. The van der Waals surface area contributed by atoms with E-state index in [0.29, 0.717) is 6.04 Å². The first kappa shape index (κ1) is 11.2.